The first kappa shape index (κ1) is 14.9. The summed E-state index contributed by atoms with van der Waals surface area (Å²) < 4.78 is 25.9. The Morgan fingerprint density at radius 3 is 2.65 bits per heavy atom. The van der Waals surface area contributed by atoms with E-state index < -0.39 is 11.6 Å². The Bertz CT molecular complexity index is 473. The van der Waals surface area contributed by atoms with Crippen molar-refractivity contribution in [2.75, 3.05) is 26.2 Å². The molecule has 5 heteroatoms. The van der Waals surface area contributed by atoms with Crippen LogP contribution in [0.3, 0.4) is 0 Å². The number of carbonyl (C=O) groups excluding carboxylic acids is 1. The monoisotopic (exact) mass is 282 g/mol. The number of halogens is 2. The second kappa shape index (κ2) is 6.79. The highest BCUT2D eigenvalue weighted by Gasteiger charge is 2.21. The lowest BCUT2D eigenvalue weighted by Crippen LogP contribution is -2.48. The van der Waals surface area contributed by atoms with E-state index in [9.17, 15) is 13.6 Å². The SMILES string of the molecule is CC(CCc1ccc(F)c(F)c1)C(=O)N1CCNCC1. The number of carbonyl (C=O) groups is 1. The highest BCUT2D eigenvalue weighted by Crippen LogP contribution is 2.15. The van der Waals surface area contributed by atoms with Gasteiger partial charge in [-0.05, 0) is 30.5 Å². The maximum atomic E-state index is 13.1. The van der Waals surface area contributed by atoms with E-state index in [0.29, 0.717) is 12.8 Å². The van der Waals surface area contributed by atoms with Gasteiger partial charge < -0.3 is 10.2 Å². The molecule has 1 saturated heterocycles. The van der Waals surface area contributed by atoms with Crippen LogP contribution in [0.25, 0.3) is 0 Å². The lowest BCUT2D eigenvalue weighted by atomic mass is 9.99. The van der Waals surface area contributed by atoms with Crippen molar-refractivity contribution in [1.29, 1.82) is 0 Å². The largest absolute Gasteiger partial charge is 0.340 e. The summed E-state index contributed by atoms with van der Waals surface area (Å²) in [5, 5.41) is 3.21. The van der Waals surface area contributed by atoms with Gasteiger partial charge in [-0.3, -0.25) is 4.79 Å². The molecule has 0 aliphatic carbocycles. The Hall–Kier alpha value is -1.49. The van der Waals surface area contributed by atoms with Crippen LogP contribution in [0, 0.1) is 17.6 Å². The maximum Gasteiger partial charge on any atom is 0.225 e. The van der Waals surface area contributed by atoms with Crippen molar-refractivity contribution in [3.63, 3.8) is 0 Å². The Kier molecular flexibility index (Phi) is 5.06. The third kappa shape index (κ3) is 3.76. The van der Waals surface area contributed by atoms with Gasteiger partial charge in [-0.25, -0.2) is 8.78 Å². The molecule has 0 radical (unpaired) electrons. The smallest absolute Gasteiger partial charge is 0.225 e. The number of nitrogens with zero attached hydrogens (tertiary/aromatic N) is 1. The minimum atomic E-state index is -0.835. The highest BCUT2D eigenvalue weighted by atomic mass is 19.2. The van der Waals surface area contributed by atoms with Gasteiger partial charge in [0.05, 0.1) is 0 Å². The molecule has 1 aliphatic rings. The van der Waals surface area contributed by atoms with Gasteiger partial charge in [0.1, 0.15) is 0 Å². The van der Waals surface area contributed by atoms with Gasteiger partial charge in [-0.15, -0.1) is 0 Å². The number of benzene rings is 1. The number of aryl methyl sites for hydroxylation is 1. The third-order valence-corrected chi connectivity index (χ3v) is 3.70. The summed E-state index contributed by atoms with van der Waals surface area (Å²) in [5.41, 5.74) is 0.726. The molecule has 1 heterocycles. The summed E-state index contributed by atoms with van der Waals surface area (Å²) in [5.74, 6) is -1.61. The van der Waals surface area contributed by atoms with Crippen molar-refractivity contribution in [2.24, 2.45) is 5.92 Å². The van der Waals surface area contributed by atoms with Crippen LogP contribution in [0.1, 0.15) is 18.9 Å². The molecular formula is C15H20F2N2O. The van der Waals surface area contributed by atoms with E-state index >= 15 is 0 Å². The molecule has 1 unspecified atom stereocenters. The number of hydrogen-bond donors (Lipinski definition) is 1. The van der Waals surface area contributed by atoms with Crippen molar-refractivity contribution in [1.82, 2.24) is 10.2 Å². The minimum Gasteiger partial charge on any atom is -0.340 e. The van der Waals surface area contributed by atoms with Gasteiger partial charge >= 0.3 is 0 Å². The molecule has 0 spiro atoms. The van der Waals surface area contributed by atoms with Gasteiger partial charge in [0.25, 0.3) is 0 Å². The highest BCUT2D eigenvalue weighted by molar-refractivity contribution is 5.78. The van der Waals surface area contributed by atoms with E-state index in [-0.39, 0.29) is 11.8 Å². The first-order chi connectivity index (χ1) is 9.58. The standard InChI is InChI=1S/C15H20F2N2O/c1-11(15(20)19-8-6-18-7-9-19)2-3-12-4-5-13(16)14(17)10-12/h4-5,10-11,18H,2-3,6-9H2,1H3. The first-order valence-corrected chi connectivity index (χ1v) is 7.01. The van der Waals surface area contributed by atoms with Gasteiger partial charge in [-0.2, -0.15) is 0 Å². The first-order valence-electron chi connectivity index (χ1n) is 7.01. The van der Waals surface area contributed by atoms with Crippen LogP contribution >= 0.6 is 0 Å². The van der Waals surface area contributed by atoms with Crippen LogP contribution < -0.4 is 5.32 Å². The second-order valence-electron chi connectivity index (χ2n) is 5.26. The molecule has 1 N–H and O–H groups in total. The van der Waals surface area contributed by atoms with Crippen LogP contribution in [-0.2, 0) is 11.2 Å². The predicted octanol–water partition coefficient (Wildman–Crippen LogP) is 1.97. The number of piperazine rings is 1. The molecule has 1 fully saturated rings. The average molecular weight is 282 g/mol. The Balaban J connectivity index is 1.85. The molecule has 3 nitrogen and oxygen atoms in total. The minimum absolute atomic E-state index is 0.0961. The van der Waals surface area contributed by atoms with E-state index in [4.69, 9.17) is 0 Å². The molecular weight excluding hydrogens is 262 g/mol. The summed E-state index contributed by atoms with van der Waals surface area (Å²) in [6.07, 6.45) is 1.23. The van der Waals surface area contributed by atoms with E-state index in [0.717, 1.165) is 37.8 Å². The van der Waals surface area contributed by atoms with Crippen LogP contribution in [0.15, 0.2) is 18.2 Å². The Morgan fingerprint density at radius 1 is 1.30 bits per heavy atom. The lowest BCUT2D eigenvalue weighted by Gasteiger charge is -2.29. The van der Waals surface area contributed by atoms with E-state index in [1.807, 2.05) is 11.8 Å². The fourth-order valence-corrected chi connectivity index (χ4v) is 2.40. The summed E-state index contributed by atoms with van der Waals surface area (Å²) in [7, 11) is 0. The van der Waals surface area contributed by atoms with Crippen LogP contribution in [-0.4, -0.2) is 37.0 Å². The van der Waals surface area contributed by atoms with Crippen LogP contribution in [0.2, 0.25) is 0 Å². The van der Waals surface area contributed by atoms with Crippen LogP contribution in [0.4, 0.5) is 8.78 Å². The van der Waals surface area contributed by atoms with Gasteiger partial charge in [0.15, 0.2) is 11.6 Å². The molecule has 1 aromatic rings. The van der Waals surface area contributed by atoms with Crippen molar-refractivity contribution in [3.05, 3.63) is 35.4 Å². The van der Waals surface area contributed by atoms with E-state index in [1.165, 1.54) is 6.07 Å². The maximum absolute atomic E-state index is 13.1. The molecule has 0 aromatic heterocycles. The summed E-state index contributed by atoms with van der Waals surface area (Å²) in [6, 6.07) is 3.91. The number of nitrogens with one attached hydrogen (secondary N) is 1. The zero-order valence-corrected chi connectivity index (χ0v) is 11.7. The third-order valence-electron chi connectivity index (χ3n) is 3.70. The number of hydrogen-bond acceptors (Lipinski definition) is 2. The Morgan fingerprint density at radius 2 is 2.00 bits per heavy atom. The molecule has 110 valence electrons. The van der Waals surface area contributed by atoms with Gasteiger partial charge in [-0.1, -0.05) is 13.0 Å². The second-order valence-corrected chi connectivity index (χ2v) is 5.26. The molecule has 1 amide bonds. The normalized spacial score (nSPS) is 17.1. The number of rotatable bonds is 4. The van der Waals surface area contributed by atoms with Crippen LogP contribution in [0.5, 0.6) is 0 Å². The van der Waals surface area contributed by atoms with E-state index in [2.05, 4.69) is 5.32 Å². The molecule has 0 bridgehead atoms. The predicted molar refractivity (Wildman–Crippen MR) is 73.3 cm³/mol. The van der Waals surface area contributed by atoms with Crippen molar-refractivity contribution >= 4 is 5.91 Å². The van der Waals surface area contributed by atoms with E-state index in [1.54, 1.807) is 6.07 Å². The number of amides is 1. The fraction of sp³-hybridized carbons (Fsp3) is 0.533. The molecule has 1 atom stereocenters. The summed E-state index contributed by atoms with van der Waals surface area (Å²) in [6.45, 7) is 5.05. The fourth-order valence-electron chi connectivity index (χ4n) is 2.40. The lowest BCUT2D eigenvalue weighted by molar-refractivity contribution is -0.135. The van der Waals surface area contributed by atoms with Gasteiger partial charge in [0, 0.05) is 32.1 Å². The molecule has 20 heavy (non-hydrogen) atoms. The topological polar surface area (TPSA) is 32.3 Å². The quantitative estimate of drug-likeness (QED) is 0.915. The zero-order valence-electron chi connectivity index (χ0n) is 11.7. The molecule has 1 aliphatic heterocycles. The molecule has 0 saturated carbocycles. The van der Waals surface area contributed by atoms with Crippen molar-refractivity contribution < 1.29 is 13.6 Å². The summed E-state index contributed by atoms with van der Waals surface area (Å²) in [4.78, 5) is 14.1. The van der Waals surface area contributed by atoms with Crippen molar-refractivity contribution in [3.8, 4) is 0 Å². The molecule has 2 rings (SSSR count). The van der Waals surface area contributed by atoms with Gasteiger partial charge in [0.2, 0.25) is 5.91 Å². The summed E-state index contributed by atoms with van der Waals surface area (Å²) >= 11 is 0. The molecule has 1 aromatic carbocycles. The zero-order chi connectivity index (χ0) is 14.5. The van der Waals surface area contributed by atoms with Crippen molar-refractivity contribution in [2.45, 2.75) is 19.8 Å². The Labute approximate surface area is 118 Å². The average Bonchev–Trinajstić information content (AvgIpc) is 2.48.